The molecule has 3 rings (SSSR count). The highest BCUT2D eigenvalue weighted by molar-refractivity contribution is 5.75. The number of hydrogen-bond acceptors (Lipinski definition) is 5. The standard InChI is InChI=1S/C17H24N4O/c1-13-11-21(12-14(2)22-13)9-5-8-18-17-10-19-15-6-3-4-7-16(15)20-17/h3-4,6-7,10,13-14H,5,8-9,11-12H2,1-2H3,(H,18,20). The number of hydrogen-bond donors (Lipinski definition) is 1. The molecule has 22 heavy (non-hydrogen) atoms. The number of nitrogens with zero attached hydrogens (tertiary/aromatic N) is 3. The lowest BCUT2D eigenvalue weighted by Gasteiger charge is -2.35. The van der Waals surface area contributed by atoms with Gasteiger partial charge < -0.3 is 10.1 Å². The summed E-state index contributed by atoms with van der Waals surface area (Å²) in [6.45, 7) is 8.34. The van der Waals surface area contributed by atoms with Crippen molar-refractivity contribution in [2.45, 2.75) is 32.5 Å². The van der Waals surface area contributed by atoms with Crippen LogP contribution in [0, 0.1) is 0 Å². The van der Waals surface area contributed by atoms with Gasteiger partial charge in [0, 0.05) is 26.2 Å². The van der Waals surface area contributed by atoms with E-state index in [4.69, 9.17) is 4.74 Å². The maximum Gasteiger partial charge on any atom is 0.145 e. The van der Waals surface area contributed by atoms with Gasteiger partial charge in [-0.3, -0.25) is 9.88 Å². The first kappa shape index (κ1) is 15.2. The number of aromatic nitrogens is 2. The Balaban J connectivity index is 1.46. The van der Waals surface area contributed by atoms with E-state index in [2.05, 4.69) is 34.0 Å². The number of fused-ring (bicyclic) bond motifs is 1. The molecule has 5 nitrogen and oxygen atoms in total. The minimum absolute atomic E-state index is 0.336. The van der Waals surface area contributed by atoms with Gasteiger partial charge in [0.2, 0.25) is 0 Å². The molecule has 1 aliphatic rings. The van der Waals surface area contributed by atoms with E-state index >= 15 is 0 Å². The first-order valence-corrected chi connectivity index (χ1v) is 8.04. The molecule has 1 aliphatic heterocycles. The smallest absolute Gasteiger partial charge is 0.145 e. The summed E-state index contributed by atoms with van der Waals surface area (Å²) in [6, 6.07) is 7.94. The maximum absolute atomic E-state index is 5.76. The zero-order chi connectivity index (χ0) is 15.4. The van der Waals surface area contributed by atoms with Crippen LogP contribution in [-0.4, -0.2) is 53.3 Å². The summed E-state index contributed by atoms with van der Waals surface area (Å²) < 4.78 is 5.76. The molecule has 1 aromatic carbocycles. The Hall–Kier alpha value is -1.72. The predicted molar refractivity (Wildman–Crippen MR) is 89.1 cm³/mol. The van der Waals surface area contributed by atoms with Gasteiger partial charge in [-0.2, -0.15) is 0 Å². The summed E-state index contributed by atoms with van der Waals surface area (Å²) in [7, 11) is 0. The minimum Gasteiger partial charge on any atom is -0.373 e. The Labute approximate surface area is 131 Å². The van der Waals surface area contributed by atoms with E-state index < -0.39 is 0 Å². The van der Waals surface area contributed by atoms with E-state index in [9.17, 15) is 0 Å². The summed E-state index contributed by atoms with van der Waals surface area (Å²) >= 11 is 0. The molecule has 1 aromatic heterocycles. The number of anilines is 1. The van der Waals surface area contributed by atoms with Gasteiger partial charge in [0.1, 0.15) is 5.82 Å². The first-order valence-electron chi connectivity index (χ1n) is 8.04. The lowest BCUT2D eigenvalue weighted by Crippen LogP contribution is -2.45. The van der Waals surface area contributed by atoms with Gasteiger partial charge in [0.25, 0.3) is 0 Å². The zero-order valence-corrected chi connectivity index (χ0v) is 13.3. The molecule has 0 bridgehead atoms. The molecular formula is C17H24N4O. The molecule has 5 heteroatoms. The Bertz CT molecular complexity index is 608. The largest absolute Gasteiger partial charge is 0.373 e. The Morgan fingerprint density at radius 2 is 1.91 bits per heavy atom. The average Bonchev–Trinajstić information content (AvgIpc) is 2.50. The van der Waals surface area contributed by atoms with Gasteiger partial charge in [0.15, 0.2) is 0 Å². The monoisotopic (exact) mass is 300 g/mol. The van der Waals surface area contributed by atoms with Gasteiger partial charge >= 0.3 is 0 Å². The summed E-state index contributed by atoms with van der Waals surface area (Å²) in [4.78, 5) is 11.5. The predicted octanol–water partition coefficient (Wildman–Crippen LogP) is 2.54. The van der Waals surface area contributed by atoms with Crippen LogP contribution in [0.5, 0.6) is 0 Å². The number of benzene rings is 1. The van der Waals surface area contributed by atoms with Crippen molar-refractivity contribution in [2.75, 3.05) is 31.5 Å². The average molecular weight is 300 g/mol. The molecule has 0 aliphatic carbocycles. The number of para-hydroxylation sites is 2. The second-order valence-electron chi connectivity index (χ2n) is 6.04. The SMILES string of the molecule is CC1CN(CCCNc2cnc3ccccc3n2)CC(C)O1. The quantitative estimate of drug-likeness (QED) is 0.860. The highest BCUT2D eigenvalue weighted by Gasteiger charge is 2.21. The summed E-state index contributed by atoms with van der Waals surface area (Å²) in [6.07, 6.45) is 3.57. The van der Waals surface area contributed by atoms with E-state index in [0.717, 1.165) is 49.5 Å². The lowest BCUT2D eigenvalue weighted by molar-refractivity contribution is -0.0678. The van der Waals surface area contributed by atoms with Crippen molar-refractivity contribution in [3.63, 3.8) is 0 Å². The summed E-state index contributed by atoms with van der Waals surface area (Å²) in [5.41, 5.74) is 1.87. The molecule has 2 unspecified atom stereocenters. The van der Waals surface area contributed by atoms with Gasteiger partial charge in [-0.1, -0.05) is 12.1 Å². The van der Waals surface area contributed by atoms with E-state index in [-0.39, 0.29) is 0 Å². The molecule has 1 saturated heterocycles. The maximum atomic E-state index is 5.76. The molecule has 1 N–H and O–H groups in total. The molecular weight excluding hydrogens is 276 g/mol. The third-order valence-electron chi connectivity index (χ3n) is 3.90. The molecule has 1 fully saturated rings. The van der Waals surface area contributed by atoms with Crippen LogP contribution in [0.2, 0.25) is 0 Å². The fourth-order valence-electron chi connectivity index (χ4n) is 3.03. The second-order valence-corrected chi connectivity index (χ2v) is 6.04. The fourth-order valence-corrected chi connectivity index (χ4v) is 3.03. The van der Waals surface area contributed by atoms with E-state index in [1.165, 1.54) is 0 Å². The third-order valence-corrected chi connectivity index (χ3v) is 3.90. The van der Waals surface area contributed by atoms with Crippen molar-refractivity contribution in [1.82, 2.24) is 14.9 Å². The Morgan fingerprint density at radius 1 is 1.18 bits per heavy atom. The van der Waals surface area contributed by atoms with Gasteiger partial charge in [0.05, 0.1) is 29.4 Å². The van der Waals surface area contributed by atoms with Crippen LogP contribution in [0.4, 0.5) is 5.82 Å². The van der Waals surface area contributed by atoms with Crippen molar-refractivity contribution in [1.29, 1.82) is 0 Å². The lowest BCUT2D eigenvalue weighted by atomic mass is 10.2. The molecule has 118 valence electrons. The van der Waals surface area contributed by atoms with Crippen molar-refractivity contribution in [2.24, 2.45) is 0 Å². The summed E-state index contributed by atoms with van der Waals surface area (Å²) in [5, 5.41) is 3.37. The molecule has 0 radical (unpaired) electrons. The van der Waals surface area contributed by atoms with Gasteiger partial charge in [-0.15, -0.1) is 0 Å². The third kappa shape index (κ3) is 3.93. The second kappa shape index (κ2) is 7.03. The first-order chi connectivity index (χ1) is 10.7. The van der Waals surface area contributed by atoms with Crippen molar-refractivity contribution in [3.8, 4) is 0 Å². The van der Waals surface area contributed by atoms with Crippen LogP contribution in [0.25, 0.3) is 11.0 Å². The van der Waals surface area contributed by atoms with Gasteiger partial charge in [-0.25, -0.2) is 4.98 Å². The Morgan fingerprint density at radius 3 is 2.68 bits per heavy atom. The molecule has 2 heterocycles. The van der Waals surface area contributed by atoms with E-state index in [0.29, 0.717) is 12.2 Å². The van der Waals surface area contributed by atoms with E-state index in [1.54, 1.807) is 6.20 Å². The molecule has 0 spiro atoms. The zero-order valence-electron chi connectivity index (χ0n) is 13.3. The number of ether oxygens (including phenoxy) is 1. The fraction of sp³-hybridized carbons (Fsp3) is 0.529. The van der Waals surface area contributed by atoms with Crippen molar-refractivity contribution in [3.05, 3.63) is 30.5 Å². The van der Waals surface area contributed by atoms with Crippen molar-refractivity contribution < 1.29 is 4.74 Å². The minimum atomic E-state index is 0.336. The number of morpholine rings is 1. The van der Waals surface area contributed by atoms with Crippen LogP contribution < -0.4 is 5.32 Å². The van der Waals surface area contributed by atoms with Crippen molar-refractivity contribution >= 4 is 16.9 Å². The Kier molecular flexibility index (Phi) is 4.85. The van der Waals surface area contributed by atoms with Gasteiger partial charge in [-0.05, 0) is 32.4 Å². The van der Waals surface area contributed by atoms with Crippen LogP contribution >= 0.6 is 0 Å². The molecule has 2 aromatic rings. The molecule has 0 saturated carbocycles. The number of rotatable bonds is 5. The highest BCUT2D eigenvalue weighted by atomic mass is 16.5. The number of nitrogens with one attached hydrogen (secondary N) is 1. The van der Waals surface area contributed by atoms with Crippen LogP contribution in [-0.2, 0) is 4.74 Å². The topological polar surface area (TPSA) is 50.3 Å². The molecule has 2 atom stereocenters. The molecule has 0 amide bonds. The van der Waals surface area contributed by atoms with Crippen LogP contribution in [0.3, 0.4) is 0 Å². The van der Waals surface area contributed by atoms with E-state index in [1.807, 2.05) is 24.3 Å². The van der Waals surface area contributed by atoms with Crippen LogP contribution in [0.15, 0.2) is 30.5 Å². The highest BCUT2D eigenvalue weighted by Crippen LogP contribution is 2.12. The normalized spacial score (nSPS) is 22.8. The van der Waals surface area contributed by atoms with Crippen LogP contribution in [0.1, 0.15) is 20.3 Å². The summed E-state index contributed by atoms with van der Waals surface area (Å²) in [5.74, 6) is 0.849.